The smallest absolute Gasteiger partial charge is 0.109 e. The van der Waals surface area contributed by atoms with Crippen molar-refractivity contribution >= 4 is 14.8 Å². The molecule has 0 bridgehead atoms. The van der Waals surface area contributed by atoms with E-state index in [1.165, 1.54) is 88.6 Å². The third kappa shape index (κ3) is 11.7. The Bertz CT molecular complexity index is 1740. The molecule has 0 N–H and O–H groups in total. The second kappa shape index (κ2) is 18.1. The summed E-state index contributed by atoms with van der Waals surface area (Å²) in [5.74, 6) is 0. The van der Waals surface area contributed by atoms with Crippen molar-refractivity contribution in [2.24, 2.45) is 0 Å². The third-order valence-corrected chi connectivity index (χ3v) is 11.0. The zero-order valence-corrected chi connectivity index (χ0v) is 38.4. The number of benzene rings is 4. The molecule has 0 atom stereocenters. The molecule has 0 amide bonds. The summed E-state index contributed by atoms with van der Waals surface area (Å²) in [6.07, 6.45) is 11.0. The molecule has 0 radical (unpaired) electrons. The maximum Gasteiger partial charge on any atom is -0.109 e. The number of halogens is 3. The minimum Gasteiger partial charge on any atom is -1.00 e. The van der Waals surface area contributed by atoms with E-state index in [4.69, 9.17) is 11.6 Å². The molecular weight excluding hydrogens is 774 g/mol. The van der Waals surface area contributed by atoms with Crippen LogP contribution in [0, 0.1) is 19.1 Å². The van der Waals surface area contributed by atoms with Crippen LogP contribution in [-0.2, 0) is 52.3 Å². The normalized spacial score (nSPS) is 13.1. The quantitative estimate of drug-likeness (QED) is 0.164. The van der Waals surface area contributed by atoms with Gasteiger partial charge in [0.25, 0.3) is 0 Å². The van der Waals surface area contributed by atoms with Gasteiger partial charge in [0.05, 0.1) is 0 Å². The number of hydrogen-bond donors (Lipinski definition) is 0. The Morgan fingerprint density at radius 3 is 1.54 bits per heavy atom. The van der Waals surface area contributed by atoms with Gasteiger partial charge in [0.15, 0.2) is 0 Å². The van der Waals surface area contributed by atoms with Crippen molar-refractivity contribution in [2.75, 3.05) is 0 Å². The van der Waals surface area contributed by atoms with Crippen molar-refractivity contribution in [1.82, 2.24) is 0 Å². The molecule has 276 valence electrons. The van der Waals surface area contributed by atoms with E-state index >= 15 is 0 Å². The van der Waals surface area contributed by atoms with Gasteiger partial charge in [-0.05, 0) is 39.4 Å². The summed E-state index contributed by atoms with van der Waals surface area (Å²) in [4.78, 5) is 0. The topological polar surface area (TPSA) is 0 Å². The zero-order chi connectivity index (χ0) is 37.2. The number of allylic oxidation sites excluding steroid dienone is 4. The van der Waals surface area contributed by atoms with E-state index < -0.39 is 0 Å². The summed E-state index contributed by atoms with van der Waals surface area (Å²) in [5, 5.41) is 0.788. The molecule has 0 saturated heterocycles. The summed E-state index contributed by atoms with van der Waals surface area (Å²) < 4.78 is 1.36. The number of hydrogen-bond acceptors (Lipinski definition) is 0. The van der Waals surface area contributed by atoms with E-state index in [2.05, 4.69) is 163 Å². The number of fused-ring (bicyclic) bond motifs is 3. The first-order valence-corrected chi connectivity index (χ1v) is 19.6. The summed E-state index contributed by atoms with van der Waals surface area (Å²) in [7, 11) is 0. The van der Waals surface area contributed by atoms with Crippen molar-refractivity contribution in [3.63, 3.8) is 0 Å². The minimum absolute atomic E-state index is 0. The molecule has 0 aliphatic heterocycles. The second-order valence-corrected chi connectivity index (χ2v) is 19.6. The van der Waals surface area contributed by atoms with Crippen LogP contribution < -0.4 is 24.8 Å². The fourth-order valence-corrected chi connectivity index (χ4v) is 7.41. The molecular formula is C48H57Cl3Zr-2. The van der Waals surface area contributed by atoms with Gasteiger partial charge in [-0.15, -0.1) is 23.1 Å². The average Bonchev–Trinajstić information content (AvgIpc) is 3.71. The van der Waals surface area contributed by atoms with Gasteiger partial charge in [-0.1, -0.05) is 106 Å². The van der Waals surface area contributed by atoms with Crippen LogP contribution >= 0.6 is 11.6 Å². The molecule has 52 heavy (non-hydrogen) atoms. The first-order chi connectivity index (χ1) is 23.1. The van der Waals surface area contributed by atoms with Crippen LogP contribution in [0.15, 0.2) is 85.0 Å². The van der Waals surface area contributed by atoms with E-state index in [1.54, 1.807) is 0 Å². The fourth-order valence-electron chi connectivity index (χ4n) is 6.47. The molecule has 2 aliphatic rings. The molecule has 6 rings (SSSR count). The Balaban J connectivity index is 0.000000340. The Morgan fingerprint density at radius 1 is 0.635 bits per heavy atom. The van der Waals surface area contributed by atoms with Crippen LogP contribution in [0.3, 0.4) is 0 Å². The van der Waals surface area contributed by atoms with Crippen molar-refractivity contribution in [3.05, 3.63) is 152 Å². The van der Waals surface area contributed by atoms with Gasteiger partial charge in [0, 0.05) is 0 Å². The Hall–Kier alpha value is -2.02. The number of rotatable bonds is 2. The Kier molecular flexibility index (Phi) is 16.0. The Labute approximate surface area is 349 Å². The molecule has 0 unspecified atom stereocenters. The van der Waals surface area contributed by atoms with Gasteiger partial charge in [-0.2, -0.15) is 23.8 Å². The van der Waals surface area contributed by atoms with Crippen molar-refractivity contribution in [3.8, 4) is 11.1 Å². The monoisotopic (exact) mass is 828 g/mol. The van der Waals surface area contributed by atoms with Crippen molar-refractivity contribution in [2.45, 2.75) is 125 Å². The maximum absolute atomic E-state index is 5.88. The molecule has 4 aromatic carbocycles. The largest absolute Gasteiger partial charge is 1.00 e. The van der Waals surface area contributed by atoms with Gasteiger partial charge in [0.2, 0.25) is 0 Å². The molecule has 0 nitrogen and oxygen atoms in total. The van der Waals surface area contributed by atoms with Crippen LogP contribution in [0.4, 0.5) is 0 Å². The molecule has 0 aromatic heterocycles. The molecule has 0 saturated carbocycles. The van der Waals surface area contributed by atoms with Crippen molar-refractivity contribution in [1.29, 1.82) is 0 Å². The first kappa shape index (κ1) is 46.1. The van der Waals surface area contributed by atoms with Crippen LogP contribution in [0.25, 0.3) is 11.1 Å². The van der Waals surface area contributed by atoms with Gasteiger partial charge in [0.1, 0.15) is 0 Å². The summed E-state index contributed by atoms with van der Waals surface area (Å²) in [5.41, 5.74) is 15.8. The second-order valence-electron chi connectivity index (χ2n) is 17.9. The van der Waals surface area contributed by atoms with E-state index in [0.717, 1.165) is 17.9 Å². The van der Waals surface area contributed by atoms with Crippen LogP contribution in [0.5, 0.6) is 0 Å². The first-order valence-electron chi connectivity index (χ1n) is 18.0. The molecule has 4 aromatic rings. The van der Waals surface area contributed by atoms with Crippen molar-refractivity contribution < 1.29 is 49.0 Å². The van der Waals surface area contributed by atoms with Gasteiger partial charge < -0.3 is 24.8 Å². The molecule has 0 heterocycles. The van der Waals surface area contributed by atoms with E-state index in [1.807, 2.05) is 24.3 Å². The van der Waals surface area contributed by atoms with Gasteiger partial charge in [-0.25, -0.2) is 12.2 Å². The Morgan fingerprint density at radius 2 is 1.12 bits per heavy atom. The fraction of sp³-hybridized carbons (Fsp3) is 0.396. The zero-order valence-electron chi connectivity index (χ0n) is 33.6. The molecule has 0 fully saturated rings. The maximum atomic E-state index is 5.88. The minimum atomic E-state index is 0. The average molecular weight is 832 g/mol. The van der Waals surface area contributed by atoms with Gasteiger partial charge in [-0.3, -0.25) is 6.08 Å². The number of aryl methyl sites for hydroxylation is 1. The van der Waals surface area contributed by atoms with Crippen LogP contribution in [0.1, 0.15) is 140 Å². The standard InChI is InChI=1S/C29H41.C14H11Cl.C5H5.2ClH.Zr/c1-26(2,3)22-14-18-13-19-15-23(27(4,5)6)25(29(10,11)12)17-21(19)20(18)16-24(22)28(7,8)9;1-11-2-4-12(5-3-11)10-13-6-8-14(15)9-7-13;1-2-4-5-3-1;;;/h14,16-17H,13H2,1-12H3;2-9H,1H3;1-3H,4H2;2*1H;/q-1;;-1;;;+2/p-2. The SMILES string of the molecule is CC(C)(C)c1[c-]c2c(cc1C(C)(C)C)-c1cc(C(C)(C)C)c(C(C)(C)C)cc1C2.Cc1ccc([C](=[Zr+2])c2ccc(Cl)cc2)cc1.[C-]1=CC=CC1.[Cl-].[Cl-]. The van der Waals surface area contributed by atoms with E-state index in [9.17, 15) is 0 Å². The van der Waals surface area contributed by atoms with Gasteiger partial charge >= 0.3 is 116 Å². The molecule has 2 aliphatic carbocycles. The molecule has 0 spiro atoms. The van der Waals surface area contributed by atoms with E-state index in [0.29, 0.717) is 0 Å². The predicted molar refractivity (Wildman–Crippen MR) is 216 cm³/mol. The van der Waals surface area contributed by atoms with Crippen LogP contribution in [0.2, 0.25) is 5.02 Å². The summed E-state index contributed by atoms with van der Waals surface area (Å²) in [6, 6.07) is 28.1. The van der Waals surface area contributed by atoms with Crippen LogP contribution in [-0.4, -0.2) is 3.21 Å². The summed E-state index contributed by atoms with van der Waals surface area (Å²) in [6.45, 7) is 30.1. The summed E-state index contributed by atoms with van der Waals surface area (Å²) >= 11 is 7.30. The predicted octanol–water partition coefficient (Wildman–Crippen LogP) is 7.33. The molecule has 4 heteroatoms. The third-order valence-electron chi connectivity index (χ3n) is 9.29. The van der Waals surface area contributed by atoms with E-state index in [-0.39, 0.29) is 46.5 Å².